The summed E-state index contributed by atoms with van der Waals surface area (Å²) in [5.74, 6) is -0.700. The molecule has 0 radical (unpaired) electrons. The Balaban J connectivity index is 2.20. The van der Waals surface area contributed by atoms with Crippen molar-refractivity contribution in [3.8, 4) is 5.75 Å². The summed E-state index contributed by atoms with van der Waals surface area (Å²) in [4.78, 5) is 22.8. The van der Waals surface area contributed by atoms with Crippen molar-refractivity contribution >= 4 is 28.3 Å². The number of fused-ring (bicyclic) bond motifs is 1. The highest BCUT2D eigenvalue weighted by Crippen LogP contribution is 2.32. The Bertz CT molecular complexity index is 698. The van der Waals surface area contributed by atoms with Gasteiger partial charge in [0.25, 0.3) is 5.91 Å². The Kier molecular flexibility index (Phi) is 4.27. The van der Waals surface area contributed by atoms with Gasteiger partial charge >= 0.3 is 0 Å². The molecular weight excluding hydrogens is 270 g/mol. The van der Waals surface area contributed by atoms with E-state index < -0.39 is 5.91 Å². The first-order valence-electron chi connectivity index (χ1n) is 6.53. The fraction of sp³-hybridized carbons (Fsp3) is 0.200. The van der Waals surface area contributed by atoms with Gasteiger partial charge in [-0.1, -0.05) is 24.3 Å². The zero-order chi connectivity index (χ0) is 15.4. The van der Waals surface area contributed by atoms with Crippen LogP contribution in [0.5, 0.6) is 5.75 Å². The summed E-state index contributed by atoms with van der Waals surface area (Å²) in [6.07, 6.45) is 0. The largest absolute Gasteiger partial charge is 0.506 e. The molecule has 2 amide bonds. The number of rotatable bonds is 4. The molecule has 0 fully saturated rings. The van der Waals surface area contributed by atoms with E-state index in [1.165, 1.54) is 13.0 Å². The van der Waals surface area contributed by atoms with Crippen LogP contribution in [0.4, 0.5) is 5.69 Å². The Morgan fingerprint density at radius 3 is 2.43 bits per heavy atom. The van der Waals surface area contributed by atoms with Gasteiger partial charge in [-0.3, -0.25) is 9.59 Å². The molecule has 21 heavy (non-hydrogen) atoms. The third kappa shape index (κ3) is 3.22. The third-order valence-corrected chi connectivity index (χ3v) is 3.08. The smallest absolute Gasteiger partial charge is 0.255 e. The second-order valence-corrected chi connectivity index (χ2v) is 4.65. The molecule has 0 atom stereocenters. The molecule has 0 saturated carbocycles. The minimum Gasteiger partial charge on any atom is -0.506 e. The van der Waals surface area contributed by atoms with Crippen molar-refractivity contribution in [1.82, 2.24) is 10.6 Å². The molecular formula is C15H17N3O3. The Morgan fingerprint density at radius 2 is 1.76 bits per heavy atom. The van der Waals surface area contributed by atoms with Crippen molar-refractivity contribution in [3.05, 3.63) is 35.9 Å². The van der Waals surface area contributed by atoms with Crippen molar-refractivity contribution in [3.63, 3.8) is 0 Å². The van der Waals surface area contributed by atoms with Crippen molar-refractivity contribution in [2.24, 2.45) is 0 Å². The normalized spacial score (nSPS) is 10.3. The molecule has 6 nitrogen and oxygen atoms in total. The summed E-state index contributed by atoms with van der Waals surface area (Å²) in [6, 6.07) is 8.51. The van der Waals surface area contributed by atoms with Gasteiger partial charge in [0.05, 0.1) is 5.56 Å². The van der Waals surface area contributed by atoms with Crippen LogP contribution in [0, 0.1) is 0 Å². The number of hydrogen-bond acceptors (Lipinski definition) is 4. The van der Waals surface area contributed by atoms with Crippen molar-refractivity contribution in [1.29, 1.82) is 0 Å². The van der Waals surface area contributed by atoms with Gasteiger partial charge in [0.1, 0.15) is 5.75 Å². The zero-order valence-electron chi connectivity index (χ0n) is 11.6. The number of carbonyl (C=O) groups excluding carboxylic acids is 2. The first kappa shape index (κ1) is 14.6. The predicted molar refractivity (Wildman–Crippen MR) is 81.0 cm³/mol. The number of amides is 2. The molecule has 2 rings (SSSR count). The molecule has 6 heteroatoms. The lowest BCUT2D eigenvalue weighted by Crippen LogP contribution is -2.33. The monoisotopic (exact) mass is 287 g/mol. The average molecular weight is 287 g/mol. The molecule has 0 aromatic heterocycles. The molecule has 0 unspecified atom stereocenters. The van der Waals surface area contributed by atoms with Gasteiger partial charge in [0.15, 0.2) is 0 Å². The molecule has 0 aliphatic carbocycles. The summed E-state index contributed by atoms with van der Waals surface area (Å²) in [7, 11) is 0. The van der Waals surface area contributed by atoms with E-state index in [0.717, 1.165) is 0 Å². The molecule has 5 N–H and O–H groups in total. The van der Waals surface area contributed by atoms with Crippen molar-refractivity contribution in [2.45, 2.75) is 6.92 Å². The van der Waals surface area contributed by atoms with E-state index in [9.17, 15) is 14.7 Å². The van der Waals surface area contributed by atoms with Crippen LogP contribution in [0.2, 0.25) is 0 Å². The van der Waals surface area contributed by atoms with Crippen LogP contribution >= 0.6 is 0 Å². The standard InChI is InChI=1S/C15H17N3O3/c1-9(19)17-6-7-18-15(21)12-8-13(16)10-4-2-3-5-11(10)14(12)20/h2-5,8,20H,6-7,16H2,1H3,(H,17,19)(H,18,21). The lowest BCUT2D eigenvalue weighted by Gasteiger charge is -2.11. The topological polar surface area (TPSA) is 104 Å². The minimum absolute atomic E-state index is 0.100. The summed E-state index contributed by atoms with van der Waals surface area (Å²) < 4.78 is 0. The van der Waals surface area contributed by atoms with Gasteiger partial charge in [-0.05, 0) is 6.07 Å². The molecule has 0 spiro atoms. The maximum absolute atomic E-state index is 12.1. The van der Waals surface area contributed by atoms with Crippen molar-refractivity contribution < 1.29 is 14.7 Å². The summed E-state index contributed by atoms with van der Waals surface area (Å²) in [6.45, 7) is 1.99. The maximum atomic E-state index is 12.1. The van der Waals surface area contributed by atoms with E-state index in [1.807, 2.05) is 6.07 Å². The minimum atomic E-state index is -0.435. The van der Waals surface area contributed by atoms with E-state index in [1.54, 1.807) is 18.2 Å². The number of aromatic hydroxyl groups is 1. The number of nitrogens with one attached hydrogen (secondary N) is 2. The van der Waals surface area contributed by atoms with E-state index in [2.05, 4.69) is 10.6 Å². The number of nitrogens with two attached hydrogens (primary N) is 1. The molecule has 2 aromatic rings. The second kappa shape index (κ2) is 6.13. The molecule has 2 aromatic carbocycles. The first-order chi connectivity index (χ1) is 10.0. The molecule has 110 valence electrons. The van der Waals surface area contributed by atoms with Gasteiger partial charge in [0.2, 0.25) is 5.91 Å². The van der Waals surface area contributed by atoms with E-state index in [0.29, 0.717) is 23.0 Å². The molecule has 0 aliphatic heterocycles. The number of phenols is 1. The van der Waals surface area contributed by atoms with Gasteiger partial charge in [0, 0.05) is 36.5 Å². The Hall–Kier alpha value is -2.76. The van der Waals surface area contributed by atoms with Crippen molar-refractivity contribution in [2.75, 3.05) is 18.8 Å². The fourth-order valence-electron chi connectivity index (χ4n) is 2.07. The lowest BCUT2D eigenvalue weighted by atomic mass is 10.0. The quantitative estimate of drug-likeness (QED) is 0.382. The molecule has 0 aliphatic rings. The van der Waals surface area contributed by atoms with Crippen LogP contribution < -0.4 is 16.4 Å². The summed E-state index contributed by atoms with van der Waals surface area (Å²) in [5, 5.41) is 16.6. The number of anilines is 1. The number of nitrogen functional groups attached to an aromatic ring is 1. The first-order valence-corrected chi connectivity index (χ1v) is 6.53. The van der Waals surface area contributed by atoms with Gasteiger partial charge in [-0.2, -0.15) is 0 Å². The van der Waals surface area contributed by atoms with E-state index in [-0.39, 0.29) is 23.8 Å². The molecule has 0 bridgehead atoms. The maximum Gasteiger partial charge on any atom is 0.255 e. The van der Waals surface area contributed by atoms with Crippen LogP contribution in [0.15, 0.2) is 30.3 Å². The Morgan fingerprint density at radius 1 is 1.14 bits per heavy atom. The molecule has 0 saturated heterocycles. The third-order valence-electron chi connectivity index (χ3n) is 3.08. The van der Waals surface area contributed by atoms with Crippen LogP contribution in [0.25, 0.3) is 10.8 Å². The predicted octanol–water partition coefficient (Wildman–Crippen LogP) is 0.993. The van der Waals surface area contributed by atoms with Gasteiger partial charge < -0.3 is 21.5 Å². The highest BCUT2D eigenvalue weighted by molar-refractivity contribution is 6.07. The SMILES string of the molecule is CC(=O)NCCNC(=O)c1cc(N)c2ccccc2c1O. The second-order valence-electron chi connectivity index (χ2n) is 4.65. The van der Waals surface area contributed by atoms with E-state index >= 15 is 0 Å². The average Bonchev–Trinajstić information content (AvgIpc) is 2.47. The van der Waals surface area contributed by atoms with E-state index in [4.69, 9.17) is 5.73 Å². The van der Waals surface area contributed by atoms with Crippen LogP contribution in [0.3, 0.4) is 0 Å². The van der Waals surface area contributed by atoms with Crippen LogP contribution in [0.1, 0.15) is 17.3 Å². The lowest BCUT2D eigenvalue weighted by molar-refractivity contribution is -0.118. The number of phenolic OH excluding ortho intramolecular Hbond substituents is 1. The number of hydrogen-bond donors (Lipinski definition) is 4. The summed E-state index contributed by atoms with van der Waals surface area (Å²) >= 11 is 0. The van der Waals surface area contributed by atoms with Gasteiger partial charge in [-0.25, -0.2) is 0 Å². The fourth-order valence-corrected chi connectivity index (χ4v) is 2.07. The highest BCUT2D eigenvalue weighted by atomic mass is 16.3. The van der Waals surface area contributed by atoms with Crippen LogP contribution in [-0.4, -0.2) is 30.0 Å². The highest BCUT2D eigenvalue weighted by Gasteiger charge is 2.15. The number of carbonyl (C=O) groups is 2. The zero-order valence-corrected chi connectivity index (χ0v) is 11.6. The number of benzene rings is 2. The Labute approximate surface area is 121 Å². The summed E-state index contributed by atoms with van der Waals surface area (Å²) in [5.41, 5.74) is 6.46. The van der Waals surface area contributed by atoms with Crippen LogP contribution in [-0.2, 0) is 4.79 Å². The molecule has 0 heterocycles. The van der Waals surface area contributed by atoms with Gasteiger partial charge in [-0.15, -0.1) is 0 Å².